The van der Waals surface area contributed by atoms with Crippen LogP contribution in [0.3, 0.4) is 0 Å². The van der Waals surface area contributed by atoms with Crippen molar-refractivity contribution in [2.45, 2.75) is 0 Å². The van der Waals surface area contributed by atoms with E-state index in [1.54, 1.807) is 36.4 Å². The van der Waals surface area contributed by atoms with Gasteiger partial charge < -0.3 is 4.98 Å². The number of benzene rings is 2. The topological polar surface area (TPSA) is 81.6 Å². The number of nitrogens with zero attached hydrogens (tertiary/aromatic N) is 3. The van der Waals surface area contributed by atoms with Gasteiger partial charge in [0, 0.05) is 32.0 Å². The van der Waals surface area contributed by atoms with Crippen molar-refractivity contribution in [1.29, 1.82) is 0 Å². The number of carbonyl (C=O) groups is 1. The normalized spacial score (nSPS) is 10.5. The fourth-order valence-electron chi connectivity index (χ4n) is 2.36. The summed E-state index contributed by atoms with van der Waals surface area (Å²) >= 11 is 5.99. The molecule has 22 heavy (non-hydrogen) atoms. The van der Waals surface area contributed by atoms with Crippen molar-refractivity contribution in [1.82, 2.24) is 4.98 Å². The smallest absolute Gasteiger partial charge is 0.265 e. The predicted octanol–water partition coefficient (Wildman–Crippen LogP) is 5.08. The van der Waals surface area contributed by atoms with Crippen LogP contribution in [0.2, 0.25) is 5.02 Å². The van der Waals surface area contributed by atoms with Crippen LogP contribution in [0, 0.1) is 5.82 Å². The van der Waals surface area contributed by atoms with E-state index in [-0.39, 0.29) is 11.3 Å². The Hall–Kier alpha value is -2.82. The number of aromatic nitrogens is 1. The van der Waals surface area contributed by atoms with Crippen molar-refractivity contribution in [3.63, 3.8) is 0 Å². The Balaban J connectivity index is 2.41. The minimum Gasteiger partial charge on any atom is -0.351 e. The summed E-state index contributed by atoms with van der Waals surface area (Å²) in [4.78, 5) is 17.4. The third kappa shape index (κ3) is 2.30. The minimum absolute atomic E-state index is 0.0279. The maximum atomic E-state index is 14.1. The van der Waals surface area contributed by atoms with E-state index in [4.69, 9.17) is 17.1 Å². The lowest BCUT2D eigenvalue weighted by Gasteiger charge is -2.04. The van der Waals surface area contributed by atoms with E-state index in [2.05, 4.69) is 15.0 Å². The van der Waals surface area contributed by atoms with Gasteiger partial charge in [0.2, 0.25) is 0 Å². The van der Waals surface area contributed by atoms with Crippen molar-refractivity contribution in [3.05, 3.63) is 69.4 Å². The molecule has 0 radical (unpaired) electrons. The van der Waals surface area contributed by atoms with Crippen molar-refractivity contribution in [2.75, 3.05) is 0 Å². The first-order chi connectivity index (χ1) is 10.6. The molecule has 0 atom stereocenters. The summed E-state index contributed by atoms with van der Waals surface area (Å²) in [5.41, 5.74) is 9.64. The summed E-state index contributed by atoms with van der Waals surface area (Å²) in [6.45, 7) is 0. The first-order valence-electron chi connectivity index (χ1n) is 6.27. The van der Waals surface area contributed by atoms with Crippen LogP contribution in [0.4, 0.5) is 4.39 Å². The van der Waals surface area contributed by atoms with Crippen LogP contribution in [0.1, 0.15) is 10.5 Å². The summed E-state index contributed by atoms with van der Waals surface area (Å²) in [5.74, 6) is -1.30. The second-order valence-corrected chi connectivity index (χ2v) is 4.98. The summed E-state index contributed by atoms with van der Waals surface area (Å²) in [5, 5.41) is 4.11. The molecule has 3 aromatic rings. The number of H-pyrrole nitrogens is 1. The Morgan fingerprint density at radius 1 is 1.27 bits per heavy atom. The molecule has 0 aliphatic heterocycles. The highest BCUT2D eigenvalue weighted by Crippen LogP contribution is 2.35. The lowest BCUT2D eigenvalue weighted by Crippen LogP contribution is -1.97. The van der Waals surface area contributed by atoms with Crippen LogP contribution in [-0.4, -0.2) is 10.9 Å². The van der Waals surface area contributed by atoms with Crippen molar-refractivity contribution in [3.8, 4) is 11.1 Å². The Morgan fingerprint density at radius 3 is 2.77 bits per heavy atom. The van der Waals surface area contributed by atoms with Gasteiger partial charge in [-0.15, -0.1) is 0 Å². The van der Waals surface area contributed by atoms with E-state index in [1.807, 2.05) is 0 Å². The number of hydrogen-bond donors (Lipinski definition) is 1. The molecule has 1 amide bonds. The molecular weight excluding hydrogens is 307 g/mol. The van der Waals surface area contributed by atoms with Crippen LogP contribution >= 0.6 is 11.6 Å². The fraction of sp³-hybridized carbons (Fsp3) is 0. The van der Waals surface area contributed by atoms with Gasteiger partial charge in [-0.3, -0.25) is 4.79 Å². The molecular formula is C15H8ClFN4O. The highest BCUT2D eigenvalue weighted by molar-refractivity contribution is 6.31. The second-order valence-electron chi connectivity index (χ2n) is 4.54. The molecule has 1 aromatic heterocycles. The zero-order valence-electron chi connectivity index (χ0n) is 11.0. The van der Waals surface area contributed by atoms with Gasteiger partial charge in [-0.25, -0.2) is 4.39 Å². The molecule has 2 aromatic carbocycles. The van der Waals surface area contributed by atoms with Crippen LogP contribution in [0.5, 0.6) is 0 Å². The summed E-state index contributed by atoms with van der Waals surface area (Å²) < 4.78 is 14.1. The number of azide groups is 1. The number of hydrogen-bond acceptors (Lipinski definition) is 1. The summed E-state index contributed by atoms with van der Waals surface area (Å²) in [6.07, 6.45) is 0. The Kier molecular flexibility index (Phi) is 3.55. The summed E-state index contributed by atoms with van der Waals surface area (Å²) in [6, 6.07) is 11.0. The van der Waals surface area contributed by atoms with Gasteiger partial charge in [0.05, 0.1) is 5.69 Å². The molecule has 0 aliphatic carbocycles. The number of amides is 1. The standard InChI is InChI=1S/C15H8ClFN4O/c16-8-5-6-12-10(7-8)13(9-3-1-2-4-11(9)17)14(19-12)15(22)20-21-18/h1-7,19H. The SMILES string of the molecule is [N-]=[N+]=NC(=O)c1[nH]c2ccc(Cl)cc2c1-c1ccccc1F. The third-order valence-electron chi connectivity index (χ3n) is 3.25. The number of aromatic amines is 1. The van der Waals surface area contributed by atoms with Gasteiger partial charge in [0.1, 0.15) is 5.82 Å². The van der Waals surface area contributed by atoms with E-state index >= 15 is 0 Å². The van der Waals surface area contributed by atoms with Crippen LogP contribution in [0.15, 0.2) is 47.6 Å². The number of nitrogens with one attached hydrogen (secondary N) is 1. The van der Waals surface area contributed by atoms with Crippen molar-refractivity contribution in [2.24, 2.45) is 5.11 Å². The average Bonchev–Trinajstić information content (AvgIpc) is 2.86. The van der Waals surface area contributed by atoms with Crippen molar-refractivity contribution < 1.29 is 9.18 Å². The highest BCUT2D eigenvalue weighted by Gasteiger charge is 2.20. The zero-order chi connectivity index (χ0) is 15.7. The monoisotopic (exact) mass is 314 g/mol. The molecule has 0 aliphatic rings. The minimum atomic E-state index is -0.812. The molecule has 0 unspecified atom stereocenters. The molecule has 0 saturated heterocycles. The largest absolute Gasteiger partial charge is 0.351 e. The highest BCUT2D eigenvalue weighted by atomic mass is 35.5. The molecule has 0 spiro atoms. The Bertz CT molecular complexity index is 944. The van der Waals surface area contributed by atoms with Crippen LogP contribution < -0.4 is 0 Å². The van der Waals surface area contributed by atoms with Gasteiger partial charge in [-0.05, 0) is 34.9 Å². The van der Waals surface area contributed by atoms with Crippen LogP contribution in [-0.2, 0) is 0 Å². The van der Waals surface area contributed by atoms with E-state index in [0.29, 0.717) is 21.5 Å². The molecule has 108 valence electrons. The number of halogens is 2. The maximum absolute atomic E-state index is 14.1. The molecule has 7 heteroatoms. The van der Waals surface area contributed by atoms with Gasteiger partial charge in [0.15, 0.2) is 0 Å². The fourth-order valence-corrected chi connectivity index (χ4v) is 2.53. The molecule has 0 saturated carbocycles. The molecule has 0 bridgehead atoms. The van der Waals surface area contributed by atoms with E-state index in [0.717, 1.165) is 0 Å². The second kappa shape index (κ2) is 5.52. The first kappa shape index (κ1) is 14.1. The maximum Gasteiger partial charge on any atom is 0.265 e. The Labute approximate surface area is 129 Å². The first-order valence-corrected chi connectivity index (χ1v) is 6.65. The number of carbonyl (C=O) groups excluding carboxylic acids is 1. The lowest BCUT2D eigenvalue weighted by atomic mass is 10.0. The number of fused-ring (bicyclic) bond motifs is 1. The van der Waals surface area contributed by atoms with Gasteiger partial charge >= 0.3 is 0 Å². The molecule has 0 fully saturated rings. The van der Waals surface area contributed by atoms with Gasteiger partial charge in [-0.2, -0.15) is 0 Å². The van der Waals surface area contributed by atoms with Gasteiger partial charge in [-0.1, -0.05) is 29.8 Å². The van der Waals surface area contributed by atoms with E-state index < -0.39 is 11.7 Å². The molecule has 1 N–H and O–H groups in total. The zero-order valence-corrected chi connectivity index (χ0v) is 11.8. The van der Waals surface area contributed by atoms with Crippen molar-refractivity contribution >= 4 is 28.4 Å². The quantitative estimate of drug-likeness (QED) is 0.399. The number of rotatable bonds is 2. The van der Waals surface area contributed by atoms with E-state index in [1.165, 1.54) is 6.07 Å². The van der Waals surface area contributed by atoms with E-state index in [9.17, 15) is 9.18 Å². The molecule has 5 nitrogen and oxygen atoms in total. The predicted molar refractivity (Wildman–Crippen MR) is 82.2 cm³/mol. The average molecular weight is 315 g/mol. The third-order valence-corrected chi connectivity index (χ3v) is 3.49. The lowest BCUT2D eigenvalue weighted by molar-refractivity contribution is 0.0997. The molecule has 3 rings (SSSR count). The Morgan fingerprint density at radius 2 is 2.05 bits per heavy atom. The summed E-state index contributed by atoms with van der Waals surface area (Å²) in [7, 11) is 0. The van der Waals surface area contributed by atoms with Crippen LogP contribution in [0.25, 0.3) is 32.5 Å². The molecule has 1 heterocycles. The van der Waals surface area contributed by atoms with Gasteiger partial charge in [0.25, 0.3) is 5.91 Å².